The van der Waals surface area contributed by atoms with Crippen LogP contribution in [0.2, 0.25) is 0 Å². The molecule has 1 fully saturated rings. The fourth-order valence-electron chi connectivity index (χ4n) is 2.07. The molecule has 3 N–H and O–H groups in total. The molecule has 2 amide bonds. The van der Waals surface area contributed by atoms with Crippen molar-refractivity contribution >= 4 is 33.6 Å². The predicted octanol–water partition coefficient (Wildman–Crippen LogP) is 3.46. The minimum Gasteiger partial charge on any atom is -0.478 e. The van der Waals surface area contributed by atoms with Crippen LogP contribution in [0, 0.1) is 5.92 Å². The number of nitrogens with one attached hydrogen (secondary N) is 2. The van der Waals surface area contributed by atoms with Crippen LogP contribution in [-0.4, -0.2) is 23.1 Å². The average Bonchev–Trinajstić information content (AvgIpc) is 3.14. The van der Waals surface area contributed by atoms with Crippen LogP contribution in [0.15, 0.2) is 22.7 Å². The van der Waals surface area contributed by atoms with Crippen LogP contribution in [0.25, 0.3) is 0 Å². The van der Waals surface area contributed by atoms with Gasteiger partial charge in [0.15, 0.2) is 0 Å². The van der Waals surface area contributed by atoms with Crippen molar-refractivity contribution < 1.29 is 14.7 Å². The second kappa shape index (κ2) is 6.26. The van der Waals surface area contributed by atoms with Gasteiger partial charge in [-0.05, 0) is 53.4 Å². The van der Waals surface area contributed by atoms with Gasteiger partial charge in [-0.15, -0.1) is 0 Å². The van der Waals surface area contributed by atoms with Crippen LogP contribution in [0.4, 0.5) is 10.5 Å². The number of carbonyl (C=O) groups excluding carboxylic acids is 1. The van der Waals surface area contributed by atoms with Crippen LogP contribution >= 0.6 is 15.9 Å². The van der Waals surface area contributed by atoms with Crippen molar-refractivity contribution in [2.24, 2.45) is 5.92 Å². The molecule has 1 aliphatic carbocycles. The minimum absolute atomic E-state index is 0.119. The summed E-state index contributed by atoms with van der Waals surface area (Å²) in [6, 6.07) is 4.50. The molecule has 0 aromatic heterocycles. The van der Waals surface area contributed by atoms with Crippen LogP contribution in [0.5, 0.6) is 0 Å². The Labute approximate surface area is 125 Å². The topological polar surface area (TPSA) is 78.4 Å². The number of urea groups is 1. The first-order valence-corrected chi connectivity index (χ1v) is 7.35. The Morgan fingerprint density at radius 1 is 1.45 bits per heavy atom. The van der Waals surface area contributed by atoms with Gasteiger partial charge in [-0.1, -0.05) is 12.8 Å². The number of carboxylic acids is 1. The Kier molecular flexibility index (Phi) is 4.65. The molecule has 1 unspecified atom stereocenters. The van der Waals surface area contributed by atoms with Crippen molar-refractivity contribution in [1.29, 1.82) is 0 Å². The third-order valence-electron chi connectivity index (χ3n) is 3.22. The first kappa shape index (κ1) is 14.8. The lowest BCUT2D eigenvalue weighted by Crippen LogP contribution is -2.36. The molecule has 0 saturated heterocycles. The summed E-state index contributed by atoms with van der Waals surface area (Å²) in [4.78, 5) is 22.8. The maximum Gasteiger partial charge on any atom is 0.336 e. The third-order valence-corrected chi connectivity index (χ3v) is 3.91. The molecule has 0 heterocycles. The Bertz CT molecular complexity index is 529. The summed E-state index contributed by atoms with van der Waals surface area (Å²) in [5.74, 6) is -0.292. The van der Waals surface area contributed by atoms with Gasteiger partial charge >= 0.3 is 12.0 Å². The quantitative estimate of drug-likeness (QED) is 0.767. The first-order chi connectivity index (χ1) is 9.45. The normalized spacial score (nSPS) is 15.5. The maximum absolute atomic E-state index is 11.8. The molecular formula is C14H17BrN2O3. The Morgan fingerprint density at radius 2 is 2.15 bits per heavy atom. The molecule has 20 heavy (non-hydrogen) atoms. The van der Waals surface area contributed by atoms with E-state index in [0.717, 1.165) is 12.3 Å². The molecule has 0 bridgehead atoms. The molecule has 1 saturated carbocycles. The Hall–Kier alpha value is -1.56. The van der Waals surface area contributed by atoms with E-state index in [1.807, 2.05) is 6.92 Å². The van der Waals surface area contributed by atoms with Crippen molar-refractivity contribution in [1.82, 2.24) is 5.32 Å². The monoisotopic (exact) mass is 340 g/mol. The number of halogens is 1. The van der Waals surface area contributed by atoms with Crippen molar-refractivity contribution in [3.63, 3.8) is 0 Å². The van der Waals surface area contributed by atoms with Gasteiger partial charge in [0.2, 0.25) is 0 Å². The highest BCUT2D eigenvalue weighted by atomic mass is 79.9. The van der Waals surface area contributed by atoms with E-state index in [9.17, 15) is 9.59 Å². The summed E-state index contributed by atoms with van der Waals surface area (Å²) < 4.78 is 0.484. The largest absolute Gasteiger partial charge is 0.478 e. The third kappa shape index (κ3) is 4.23. The number of anilines is 1. The van der Waals surface area contributed by atoms with Crippen molar-refractivity contribution in [3.05, 3.63) is 28.2 Å². The van der Waals surface area contributed by atoms with Crippen LogP contribution < -0.4 is 10.6 Å². The van der Waals surface area contributed by atoms with Gasteiger partial charge in [-0.3, -0.25) is 0 Å². The molecule has 1 aromatic rings. The highest BCUT2D eigenvalue weighted by molar-refractivity contribution is 9.10. The van der Waals surface area contributed by atoms with Gasteiger partial charge in [0, 0.05) is 16.2 Å². The van der Waals surface area contributed by atoms with E-state index >= 15 is 0 Å². The van der Waals surface area contributed by atoms with Gasteiger partial charge in [-0.2, -0.15) is 0 Å². The lowest BCUT2D eigenvalue weighted by molar-refractivity contribution is 0.0696. The molecular weight excluding hydrogens is 324 g/mol. The van der Waals surface area contributed by atoms with E-state index in [4.69, 9.17) is 5.11 Å². The molecule has 2 rings (SSSR count). The van der Waals surface area contributed by atoms with Gasteiger partial charge in [-0.25, -0.2) is 9.59 Å². The zero-order chi connectivity index (χ0) is 14.7. The number of amides is 2. The van der Waals surface area contributed by atoms with E-state index < -0.39 is 5.97 Å². The molecule has 108 valence electrons. The number of carbonyl (C=O) groups is 2. The summed E-state index contributed by atoms with van der Waals surface area (Å²) in [5, 5.41) is 14.5. The summed E-state index contributed by atoms with van der Waals surface area (Å²) in [5.41, 5.74) is 0.579. The molecule has 6 heteroatoms. The number of rotatable bonds is 5. The molecule has 1 atom stereocenters. The highest BCUT2D eigenvalue weighted by Gasteiger charge is 2.24. The smallest absolute Gasteiger partial charge is 0.336 e. The van der Waals surface area contributed by atoms with Crippen LogP contribution in [-0.2, 0) is 0 Å². The number of hydrogen-bond donors (Lipinski definition) is 3. The van der Waals surface area contributed by atoms with Gasteiger partial charge in [0.25, 0.3) is 0 Å². The summed E-state index contributed by atoms with van der Waals surface area (Å²) >= 11 is 3.16. The van der Waals surface area contributed by atoms with Gasteiger partial charge in [0.05, 0.1) is 5.56 Å². The number of hydrogen-bond acceptors (Lipinski definition) is 2. The summed E-state index contributed by atoms with van der Waals surface area (Å²) in [6.45, 7) is 1.97. The average molecular weight is 341 g/mol. The summed E-state index contributed by atoms with van der Waals surface area (Å²) in [6.07, 6.45) is 3.50. The fourth-order valence-corrected chi connectivity index (χ4v) is 2.49. The number of carboxylic acid groups (broad SMARTS) is 1. The van der Waals surface area contributed by atoms with Crippen LogP contribution in [0.3, 0.4) is 0 Å². The SMILES string of the molecule is CC(CC1CC1)NC(=O)Nc1ccc(Br)c(C(=O)O)c1. The molecule has 0 radical (unpaired) electrons. The second-order valence-corrected chi connectivity index (χ2v) is 6.03. The first-order valence-electron chi connectivity index (χ1n) is 6.56. The maximum atomic E-state index is 11.8. The molecule has 1 aromatic carbocycles. The number of aromatic carboxylic acids is 1. The lowest BCUT2D eigenvalue weighted by atomic mass is 10.1. The van der Waals surface area contributed by atoms with E-state index in [1.54, 1.807) is 12.1 Å². The van der Waals surface area contributed by atoms with E-state index in [0.29, 0.717) is 10.2 Å². The predicted molar refractivity (Wildman–Crippen MR) is 80.1 cm³/mol. The van der Waals surface area contributed by atoms with Crippen molar-refractivity contribution in [2.75, 3.05) is 5.32 Å². The van der Waals surface area contributed by atoms with Crippen molar-refractivity contribution in [3.8, 4) is 0 Å². The van der Waals surface area contributed by atoms with Gasteiger partial charge in [0.1, 0.15) is 0 Å². The standard InChI is InChI=1S/C14H17BrN2O3/c1-8(6-9-2-3-9)16-14(20)17-10-4-5-12(15)11(7-10)13(18)19/h4-5,7-9H,2-3,6H2,1H3,(H,18,19)(H2,16,17,20). The zero-order valence-electron chi connectivity index (χ0n) is 11.1. The van der Waals surface area contributed by atoms with Gasteiger partial charge < -0.3 is 15.7 Å². The summed E-state index contributed by atoms with van der Waals surface area (Å²) in [7, 11) is 0. The Balaban J connectivity index is 1.93. The molecule has 1 aliphatic rings. The van der Waals surface area contributed by atoms with E-state index in [1.165, 1.54) is 18.9 Å². The van der Waals surface area contributed by atoms with E-state index in [-0.39, 0.29) is 17.6 Å². The van der Waals surface area contributed by atoms with E-state index in [2.05, 4.69) is 26.6 Å². The molecule has 0 aliphatic heterocycles. The highest BCUT2D eigenvalue weighted by Crippen LogP contribution is 2.33. The van der Waals surface area contributed by atoms with Crippen molar-refractivity contribution in [2.45, 2.75) is 32.2 Å². The Morgan fingerprint density at radius 3 is 2.75 bits per heavy atom. The lowest BCUT2D eigenvalue weighted by Gasteiger charge is -2.14. The number of benzene rings is 1. The molecule has 5 nitrogen and oxygen atoms in total. The second-order valence-electron chi connectivity index (χ2n) is 5.18. The fraction of sp³-hybridized carbons (Fsp3) is 0.429. The zero-order valence-corrected chi connectivity index (χ0v) is 12.7. The minimum atomic E-state index is -1.04. The molecule has 0 spiro atoms. The van der Waals surface area contributed by atoms with Crippen LogP contribution in [0.1, 0.15) is 36.5 Å².